The molecule has 0 fully saturated rings. The van der Waals surface area contributed by atoms with Gasteiger partial charge in [-0.3, -0.25) is 0 Å². The van der Waals surface area contributed by atoms with E-state index in [0.717, 1.165) is 17.2 Å². The van der Waals surface area contributed by atoms with Gasteiger partial charge in [-0.05, 0) is 43.3 Å². The van der Waals surface area contributed by atoms with Gasteiger partial charge in [-0.15, -0.1) is 0 Å². The van der Waals surface area contributed by atoms with Gasteiger partial charge in [0.15, 0.2) is 0 Å². The van der Waals surface area contributed by atoms with Crippen molar-refractivity contribution in [2.75, 3.05) is 5.32 Å². The summed E-state index contributed by atoms with van der Waals surface area (Å²) in [5, 5.41) is 3.14. The van der Waals surface area contributed by atoms with Crippen molar-refractivity contribution in [1.29, 1.82) is 0 Å². The smallest absolute Gasteiger partial charge is 0.123 e. The lowest BCUT2D eigenvalue weighted by atomic mass is 10.3. The lowest BCUT2D eigenvalue weighted by Gasteiger charge is -2.03. The number of anilines is 1. The monoisotopic (exact) mass is 205 g/mol. The molecule has 1 N–H and O–H groups in total. The number of nitrogens with one attached hydrogen (secondary N) is 1. The molecule has 0 aliphatic heterocycles. The van der Waals surface area contributed by atoms with Gasteiger partial charge in [-0.25, -0.2) is 4.39 Å². The molecular formula is C12H12FNO. The molecule has 0 aliphatic carbocycles. The second-order valence-corrected chi connectivity index (χ2v) is 3.37. The number of aryl methyl sites for hydroxylation is 1. The van der Waals surface area contributed by atoms with E-state index < -0.39 is 0 Å². The summed E-state index contributed by atoms with van der Waals surface area (Å²) in [5.41, 5.74) is 0.880. The molecule has 15 heavy (non-hydrogen) atoms. The van der Waals surface area contributed by atoms with Crippen molar-refractivity contribution >= 4 is 5.69 Å². The van der Waals surface area contributed by atoms with Crippen LogP contribution in [0.25, 0.3) is 0 Å². The molecular weight excluding hydrogens is 193 g/mol. The first-order valence-corrected chi connectivity index (χ1v) is 4.79. The molecule has 2 aromatic rings. The minimum absolute atomic E-state index is 0.227. The summed E-state index contributed by atoms with van der Waals surface area (Å²) in [6, 6.07) is 10.1. The van der Waals surface area contributed by atoms with Gasteiger partial charge in [0.2, 0.25) is 0 Å². The van der Waals surface area contributed by atoms with Crippen LogP contribution >= 0.6 is 0 Å². The van der Waals surface area contributed by atoms with E-state index in [1.807, 2.05) is 19.1 Å². The van der Waals surface area contributed by atoms with Crippen molar-refractivity contribution in [1.82, 2.24) is 0 Å². The number of halogens is 1. The molecule has 0 aliphatic rings. The molecule has 0 unspecified atom stereocenters. The van der Waals surface area contributed by atoms with E-state index in [4.69, 9.17) is 4.42 Å². The van der Waals surface area contributed by atoms with Crippen molar-refractivity contribution in [3.63, 3.8) is 0 Å². The summed E-state index contributed by atoms with van der Waals surface area (Å²) in [7, 11) is 0. The Hall–Kier alpha value is -1.77. The van der Waals surface area contributed by atoms with Crippen LogP contribution in [-0.4, -0.2) is 0 Å². The van der Waals surface area contributed by atoms with Crippen molar-refractivity contribution in [2.45, 2.75) is 13.5 Å². The number of rotatable bonds is 3. The topological polar surface area (TPSA) is 25.2 Å². The Bertz CT molecular complexity index is 433. The summed E-state index contributed by atoms with van der Waals surface area (Å²) in [6.45, 7) is 2.51. The molecule has 1 aromatic carbocycles. The fourth-order valence-corrected chi connectivity index (χ4v) is 1.34. The van der Waals surface area contributed by atoms with Crippen molar-refractivity contribution < 1.29 is 8.81 Å². The lowest BCUT2D eigenvalue weighted by molar-refractivity contribution is 0.490. The second-order valence-electron chi connectivity index (χ2n) is 3.37. The second kappa shape index (κ2) is 4.17. The molecule has 2 rings (SSSR count). The van der Waals surface area contributed by atoms with Crippen LogP contribution in [0, 0.1) is 12.7 Å². The SMILES string of the molecule is Cc1ccc(CNc2ccc(F)cc2)o1. The quantitative estimate of drug-likeness (QED) is 0.831. The Kier molecular flexibility index (Phi) is 2.72. The van der Waals surface area contributed by atoms with Crippen LogP contribution in [-0.2, 0) is 6.54 Å². The predicted molar refractivity (Wildman–Crippen MR) is 57.2 cm³/mol. The van der Waals surface area contributed by atoms with E-state index in [0.29, 0.717) is 6.54 Å². The maximum atomic E-state index is 12.6. The number of furan rings is 1. The van der Waals surface area contributed by atoms with Crippen LogP contribution in [0.4, 0.5) is 10.1 Å². The van der Waals surface area contributed by atoms with Crippen molar-refractivity contribution in [2.24, 2.45) is 0 Å². The van der Waals surface area contributed by atoms with Gasteiger partial charge in [0.05, 0.1) is 6.54 Å². The summed E-state index contributed by atoms with van der Waals surface area (Å²) < 4.78 is 18.0. The van der Waals surface area contributed by atoms with Crippen LogP contribution in [0.5, 0.6) is 0 Å². The van der Waals surface area contributed by atoms with E-state index >= 15 is 0 Å². The maximum absolute atomic E-state index is 12.6. The van der Waals surface area contributed by atoms with E-state index in [1.54, 1.807) is 12.1 Å². The highest BCUT2D eigenvalue weighted by Gasteiger charge is 1.98. The molecule has 1 heterocycles. The first-order chi connectivity index (χ1) is 7.24. The summed E-state index contributed by atoms with van der Waals surface area (Å²) in [4.78, 5) is 0. The third-order valence-corrected chi connectivity index (χ3v) is 2.11. The zero-order valence-corrected chi connectivity index (χ0v) is 8.46. The molecule has 0 bridgehead atoms. The van der Waals surface area contributed by atoms with Crippen LogP contribution in [0.3, 0.4) is 0 Å². The predicted octanol–water partition coefficient (Wildman–Crippen LogP) is 3.34. The molecule has 0 amide bonds. The van der Waals surface area contributed by atoms with Gasteiger partial charge in [0.1, 0.15) is 17.3 Å². The number of benzene rings is 1. The molecule has 0 radical (unpaired) electrons. The first kappa shape index (κ1) is 9.77. The third-order valence-electron chi connectivity index (χ3n) is 2.11. The standard InChI is InChI=1S/C12H12FNO/c1-9-2-7-12(15-9)8-14-11-5-3-10(13)4-6-11/h2-7,14H,8H2,1H3. The molecule has 0 saturated carbocycles. The molecule has 0 spiro atoms. The number of hydrogen-bond donors (Lipinski definition) is 1. The Balaban J connectivity index is 1.96. The lowest BCUT2D eigenvalue weighted by Crippen LogP contribution is -1.97. The van der Waals surface area contributed by atoms with Gasteiger partial charge in [-0.2, -0.15) is 0 Å². The highest BCUT2D eigenvalue weighted by atomic mass is 19.1. The largest absolute Gasteiger partial charge is 0.465 e. The summed E-state index contributed by atoms with van der Waals surface area (Å²) in [5.74, 6) is 1.54. The third kappa shape index (κ3) is 2.59. The Morgan fingerprint density at radius 3 is 2.47 bits per heavy atom. The Labute approximate surface area is 87.7 Å². The number of hydrogen-bond acceptors (Lipinski definition) is 2. The zero-order chi connectivity index (χ0) is 10.7. The van der Waals surface area contributed by atoms with Crippen LogP contribution in [0.1, 0.15) is 11.5 Å². The van der Waals surface area contributed by atoms with Gasteiger partial charge in [0.25, 0.3) is 0 Å². The summed E-state index contributed by atoms with van der Waals surface area (Å²) >= 11 is 0. The van der Waals surface area contributed by atoms with Gasteiger partial charge in [0, 0.05) is 5.69 Å². The minimum atomic E-state index is -0.227. The molecule has 78 valence electrons. The van der Waals surface area contributed by atoms with Crippen molar-refractivity contribution in [3.05, 3.63) is 53.7 Å². The molecule has 0 saturated heterocycles. The summed E-state index contributed by atoms with van der Waals surface area (Å²) in [6.07, 6.45) is 0. The van der Waals surface area contributed by atoms with Gasteiger partial charge >= 0.3 is 0 Å². The van der Waals surface area contributed by atoms with Crippen LogP contribution < -0.4 is 5.32 Å². The first-order valence-electron chi connectivity index (χ1n) is 4.79. The van der Waals surface area contributed by atoms with E-state index in [-0.39, 0.29) is 5.82 Å². The average molecular weight is 205 g/mol. The van der Waals surface area contributed by atoms with Gasteiger partial charge in [-0.1, -0.05) is 0 Å². The Morgan fingerprint density at radius 2 is 1.87 bits per heavy atom. The molecule has 0 atom stereocenters. The zero-order valence-electron chi connectivity index (χ0n) is 8.46. The van der Waals surface area contributed by atoms with E-state index in [1.165, 1.54) is 12.1 Å². The maximum Gasteiger partial charge on any atom is 0.123 e. The highest BCUT2D eigenvalue weighted by molar-refractivity contribution is 5.42. The van der Waals surface area contributed by atoms with Crippen LogP contribution in [0.15, 0.2) is 40.8 Å². The normalized spacial score (nSPS) is 10.3. The van der Waals surface area contributed by atoms with Crippen LogP contribution in [0.2, 0.25) is 0 Å². The average Bonchev–Trinajstić information content (AvgIpc) is 2.64. The van der Waals surface area contributed by atoms with E-state index in [9.17, 15) is 4.39 Å². The fourth-order valence-electron chi connectivity index (χ4n) is 1.34. The minimum Gasteiger partial charge on any atom is -0.465 e. The van der Waals surface area contributed by atoms with E-state index in [2.05, 4.69) is 5.32 Å². The molecule has 2 nitrogen and oxygen atoms in total. The Morgan fingerprint density at radius 1 is 1.13 bits per heavy atom. The van der Waals surface area contributed by atoms with Crippen molar-refractivity contribution in [3.8, 4) is 0 Å². The highest BCUT2D eigenvalue weighted by Crippen LogP contribution is 2.11. The fraction of sp³-hybridized carbons (Fsp3) is 0.167. The van der Waals surface area contributed by atoms with Gasteiger partial charge < -0.3 is 9.73 Å². The molecule has 1 aromatic heterocycles. The molecule has 3 heteroatoms.